The molecule has 0 aliphatic carbocycles. The van der Waals surface area contributed by atoms with Gasteiger partial charge in [-0.05, 0) is 11.6 Å². The van der Waals surface area contributed by atoms with Gasteiger partial charge in [0.05, 0.1) is 23.7 Å². The lowest BCUT2D eigenvalue weighted by Crippen LogP contribution is -2.27. The van der Waals surface area contributed by atoms with Crippen molar-refractivity contribution in [1.29, 1.82) is 0 Å². The van der Waals surface area contributed by atoms with Crippen LogP contribution in [0.5, 0.6) is 0 Å². The summed E-state index contributed by atoms with van der Waals surface area (Å²) in [6.45, 7) is 1.04. The molecule has 0 radical (unpaired) electrons. The molecule has 116 valence electrons. The van der Waals surface area contributed by atoms with Crippen LogP contribution in [0.15, 0.2) is 39.4 Å². The highest BCUT2D eigenvalue weighted by Gasteiger charge is 2.21. The first-order chi connectivity index (χ1) is 10.8. The first-order valence-electron chi connectivity index (χ1n) is 7.06. The summed E-state index contributed by atoms with van der Waals surface area (Å²) in [5, 5.41) is 0.771. The third kappa shape index (κ3) is 3.37. The number of thioether (sulfide) groups is 2. The van der Waals surface area contributed by atoms with Gasteiger partial charge in [-0.25, -0.2) is 4.98 Å². The van der Waals surface area contributed by atoms with Crippen LogP contribution in [0.1, 0.15) is 11.3 Å². The van der Waals surface area contributed by atoms with Crippen LogP contribution in [0.4, 0.5) is 0 Å². The van der Waals surface area contributed by atoms with Gasteiger partial charge in [0, 0.05) is 37.4 Å². The number of rotatable bonds is 6. The van der Waals surface area contributed by atoms with Crippen molar-refractivity contribution in [3.63, 3.8) is 0 Å². The Morgan fingerprint density at radius 2 is 2.41 bits per heavy atom. The minimum atomic E-state index is 0.0678. The molecule has 0 aromatic carbocycles. The minimum absolute atomic E-state index is 0.0678. The lowest BCUT2D eigenvalue weighted by Gasteiger charge is -2.13. The van der Waals surface area contributed by atoms with Gasteiger partial charge in [0.25, 0.3) is 5.56 Å². The second-order valence-corrected chi connectivity index (χ2v) is 6.92. The number of ether oxygens (including phenoxy) is 1. The number of methoxy groups -OCH3 is 1. The maximum atomic E-state index is 12.6. The average Bonchev–Trinajstić information content (AvgIpc) is 3.02. The van der Waals surface area contributed by atoms with Crippen LogP contribution in [-0.2, 0) is 23.5 Å². The number of aryl methyl sites for hydroxylation is 1. The number of hydrogen-bond acceptors (Lipinski definition) is 6. The van der Waals surface area contributed by atoms with E-state index >= 15 is 0 Å². The van der Waals surface area contributed by atoms with Gasteiger partial charge in [0.1, 0.15) is 0 Å². The molecule has 2 aromatic heterocycles. The fraction of sp³-hybridized carbons (Fsp3) is 0.400. The summed E-state index contributed by atoms with van der Waals surface area (Å²) in [4.78, 5) is 22.3. The Labute approximate surface area is 137 Å². The standard InChI is InChI=1S/C15H17N3O2S2/c1-20-7-6-18-14(19)13-12(4-8-21-13)17-15(18)22-10-11-3-2-5-16-9-11/h2-3,5,9H,4,6-8,10H2,1H3. The second-order valence-electron chi connectivity index (χ2n) is 4.87. The summed E-state index contributed by atoms with van der Waals surface area (Å²) < 4.78 is 6.86. The van der Waals surface area contributed by atoms with Crippen LogP contribution in [0.25, 0.3) is 0 Å². The molecule has 0 bridgehead atoms. The molecule has 5 nitrogen and oxygen atoms in total. The smallest absolute Gasteiger partial charge is 0.268 e. The Morgan fingerprint density at radius 3 is 3.18 bits per heavy atom. The maximum Gasteiger partial charge on any atom is 0.268 e. The van der Waals surface area contributed by atoms with Gasteiger partial charge in [0.2, 0.25) is 0 Å². The zero-order chi connectivity index (χ0) is 15.4. The van der Waals surface area contributed by atoms with E-state index in [-0.39, 0.29) is 5.56 Å². The summed E-state index contributed by atoms with van der Waals surface area (Å²) in [5.74, 6) is 1.69. The molecule has 3 heterocycles. The van der Waals surface area contributed by atoms with Crippen LogP contribution in [0.2, 0.25) is 0 Å². The van der Waals surface area contributed by atoms with Crippen molar-refractivity contribution in [2.75, 3.05) is 19.5 Å². The summed E-state index contributed by atoms with van der Waals surface area (Å²) >= 11 is 3.19. The quantitative estimate of drug-likeness (QED) is 0.596. The maximum absolute atomic E-state index is 12.6. The Kier molecular flexibility index (Phi) is 5.17. The molecule has 0 saturated carbocycles. The highest BCUT2D eigenvalue weighted by Crippen LogP contribution is 2.29. The van der Waals surface area contributed by atoms with Crippen LogP contribution in [0.3, 0.4) is 0 Å². The van der Waals surface area contributed by atoms with Crippen molar-refractivity contribution in [1.82, 2.24) is 14.5 Å². The number of pyridine rings is 1. The van der Waals surface area contributed by atoms with Crippen LogP contribution in [-0.4, -0.2) is 34.0 Å². The number of fused-ring (bicyclic) bond motifs is 1. The molecule has 22 heavy (non-hydrogen) atoms. The Bertz CT molecular complexity index is 704. The summed E-state index contributed by atoms with van der Waals surface area (Å²) in [5.41, 5.74) is 2.13. The lowest BCUT2D eigenvalue weighted by molar-refractivity contribution is 0.182. The largest absolute Gasteiger partial charge is 0.383 e. The van der Waals surface area contributed by atoms with Gasteiger partial charge in [-0.15, -0.1) is 11.8 Å². The van der Waals surface area contributed by atoms with Crippen molar-refractivity contribution < 1.29 is 4.74 Å². The normalized spacial score (nSPS) is 13.3. The van der Waals surface area contributed by atoms with Crippen molar-refractivity contribution in [2.45, 2.75) is 28.8 Å². The fourth-order valence-electron chi connectivity index (χ4n) is 2.25. The van der Waals surface area contributed by atoms with Gasteiger partial charge in [-0.3, -0.25) is 14.3 Å². The monoisotopic (exact) mass is 335 g/mol. The molecule has 1 aliphatic heterocycles. The molecule has 0 fully saturated rings. The highest BCUT2D eigenvalue weighted by atomic mass is 32.2. The van der Waals surface area contributed by atoms with Gasteiger partial charge < -0.3 is 4.74 Å². The summed E-state index contributed by atoms with van der Waals surface area (Å²) in [6, 6.07) is 3.95. The molecule has 0 unspecified atom stereocenters. The number of aromatic nitrogens is 3. The van der Waals surface area contributed by atoms with E-state index in [2.05, 4.69) is 4.98 Å². The molecule has 0 amide bonds. The molecule has 0 N–H and O–H groups in total. The van der Waals surface area contributed by atoms with Crippen LogP contribution >= 0.6 is 23.5 Å². The van der Waals surface area contributed by atoms with E-state index in [0.717, 1.165) is 39.2 Å². The summed E-state index contributed by atoms with van der Waals surface area (Å²) in [6.07, 6.45) is 4.47. The Morgan fingerprint density at radius 1 is 1.50 bits per heavy atom. The average molecular weight is 335 g/mol. The Hall–Kier alpha value is -1.31. The fourth-order valence-corrected chi connectivity index (χ4v) is 4.26. The SMILES string of the molecule is COCCn1c(SCc2cccnc2)nc2c(c1=O)SCC2. The van der Waals surface area contributed by atoms with E-state index in [1.807, 2.05) is 18.3 Å². The molecular weight excluding hydrogens is 318 g/mol. The second kappa shape index (κ2) is 7.30. The number of hydrogen-bond donors (Lipinski definition) is 0. The van der Waals surface area contributed by atoms with E-state index in [4.69, 9.17) is 9.72 Å². The predicted molar refractivity (Wildman–Crippen MR) is 88.6 cm³/mol. The molecule has 0 atom stereocenters. The van der Waals surface area contributed by atoms with Gasteiger partial charge in [-0.2, -0.15) is 0 Å². The van der Waals surface area contributed by atoms with Crippen molar-refractivity contribution in [2.24, 2.45) is 0 Å². The molecule has 0 spiro atoms. The molecule has 0 saturated heterocycles. The summed E-state index contributed by atoms with van der Waals surface area (Å²) in [7, 11) is 1.64. The van der Waals surface area contributed by atoms with Gasteiger partial charge in [0.15, 0.2) is 5.16 Å². The van der Waals surface area contributed by atoms with Crippen molar-refractivity contribution in [3.05, 3.63) is 46.1 Å². The molecule has 1 aliphatic rings. The van der Waals surface area contributed by atoms with Crippen LogP contribution in [0, 0.1) is 0 Å². The first-order valence-corrected chi connectivity index (χ1v) is 9.04. The zero-order valence-corrected chi connectivity index (χ0v) is 14.0. The lowest BCUT2D eigenvalue weighted by atomic mass is 10.3. The van der Waals surface area contributed by atoms with Gasteiger partial charge in [-0.1, -0.05) is 17.8 Å². The molecular formula is C15H17N3O2S2. The topological polar surface area (TPSA) is 57.0 Å². The molecule has 3 rings (SSSR count). The first kappa shape index (κ1) is 15.6. The molecule has 2 aromatic rings. The van der Waals surface area contributed by atoms with E-state index in [1.165, 1.54) is 0 Å². The van der Waals surface area contributed by atoms with E-state index in [9.17, 15) is 4.79 Å². The van der Waals surface area contributed by atoms with Crippen molar-refractivity contribution >= 4 is 23.5 Å². The van der Waals surface area contributed by atoms with E-state index in [0.29, 0.717) is 13.2 Å². The van der Waals surface area contributed by atoms with Crippen LogP contribution < -0.4 is 5.56 Å². The van der Waals surface area contributed by atoms with Crippen molar-refractivity contribution in [3.8, 4) is 0 Å². The predicted octanol–water partition coefficient (Wildman–Crippen LogP) is 2.23. The highest BCUT2D eigenvalue weighted by molar-refractivity contribution is 7.99. The van der Waals surface area contributed by atoms with Gasteiger partial charge >= 0.3 is 0 Å². The number of nitrogens with zero attached hydrogens (tertiary/aromatic N) is 3. The Balaban J connectivity index is 1.88. The minimum Gasteiger partial charge on any atom is -0.383 e. The zero-order valence-electron chi connectivity index (χ0n) is 12.3. The third-order valence-electron chi connectivity index (χ3n) is 3.36. The van der Waals surface area contributed by atoms with E-state index < -0.39 is 0 Å². The van der Waals surface area contributed by atoms with E-state index in [1.54, 1.807) is 41.4 Å². The third-order valence-corrected chi connectivity index (χ3v) is 5.51. The molecule has 7 heteroatoms.